The molecule has 0 aromatic heterocycles. The Morgan fingerprint density at radius 1 is 0.759 bits per heavy atom. The third-order valence-corrected chi connectivity index (χ3v) is 11.3. The molecule has 6 amide bonds. The van der Waals surface area contributed by atoms with Crippen molar-refractivity contribution in [2.45, 2.75) is 101 Å². The summed E-state index contributed by atoms with van der Waals surface area (Å²) in [6.45, 7) is 1.45. The number of nitrogens with one attached hydrogen (secondary N) is 3. The Morgan fingerprint density at radius 2 is 1.41 bits per heavy atom. The molecular weight excluding hydrogens is 762 g/mol. The molecular formula is C40H46F2N6O10. The first-order chi connectivity index (χ1) is 27.9. The number of hydrogen-bond donors (Lipinski definition) is 3. The van der Waals surface area contributed by atoms with Gasteiger partial charge < -0.3 is 44.9 Å². The van der Waals surface area contributed by atoms with Gasteiger partial charge in [0.1, 0.15) is 54.5 Å². The van der Waals surface area contributed by atoms with Gasteiger partial charge in [0.25, 0.3) is 0 Å². The summed E-state index contributed by atoms with van der Waals surface area (Å²) in [6, 6.07) is 0.580. The fraction of sp³-hybridized carbons (Fsp3) is 0.525. The molecule has 2 aromatic carbocycles. The van der Waals surface area contributed by atoms with Crippen LogP contribution in [0.3, 0.4) is 0 Å². The molecule has 6 atom stereocenters. The highest BCUT2D eigenvalue weighted by atomic mass is 19.1. The Hall–Kier alpha value is -5.81. The molecule has 4 saturated heterocycles. The van der Waals surface area contributed by atoms with E-state index in [0.29, 0.717) is 55.2 Å². The van der Waals surface area contributed by atoms with E-state index in [2.05, 4.69) is 16.0 Å². The van der Waals surface area contributed by atoms with Gasteiger partial charge in [-0.15, -0.1) is 0 Å². The number of ether oxygens (including phenoxy) is 3. The molecule has 0 aliphatic carbocycles. The molecule has 7 rings (SSSR count). The Balaban J connectivity index is 1.17. The number of rotatable bonds is 7. The molecule has 5 aliphatic heterocycles. The van der Waals surface area contributed by atoms with Crippen LogP contribution >= 0.6 is 0 Å². The molecule has 5 aliphatic rings. The van der Waals surface area contributed by atoms with Crippen molar-refractivity contribution in [2.75, 3.05) is 33.0 Å². The molecule has 18 heteroatoms. The van der Waals surface area contributed by atoms with Crippen LogP contribution in [-0.2, 0) is 51.1 Å². The fourth-order valence-electron chi connectivity index (χ4n) is 8.41. The van der Waals surface area contributed by atoms with E-state index < -0.39 is 102 Å². The van der Waals surface area contributed by atoms with Crippen molar-refractivity contribution in [3.8, 4) is 11.5 Å². The van der Waals surface area contributed by atoms with Crippen molar-refractivity contribution >= 4 is 41.4 Å². The van der Waals surface area contributed by atoms with E-state index in [-0.39, 0.29) is 51.3 Å². The van der Waals surface area contributed by atoms with Crippen molar-refractivity contribution in [1.82, 2.24) is 30.7 Å². The Labute approximate surface area is 332 Å². The van der Waals surface area contributed by atoms with E-state index >= 15 is 0 Å². The largest absolute Gasteiger partial charge is 0.461 e. The maximum atomic E-state index is 14.5. The zero-order valence-corrected chi connectivity index (χ0v) is 32.0. The lowest BCUT2D eigenvalue weighted by molar-refractivity contribution is -0.158. The summed E-state index contributed by atoms with van der Waals surface area (Å²) in [5.41, 5.74) is 0.548. The lowest BCUT2D eigenvalue weighted by Gasteiger charge is -2.39. The average Bonchev–Trinajstić information content (AvgIpc) is 3.99. The lowest BCUT2D eigenvalue weighted by atomic mass is 9.99. The summed E-state index contributed by atoms with van der Waals surface area (Å²) in [5.74, 6) is -5.53. The Bertz CT molecular complexity index is 1960. The number of piperidine rings is 1. The molecule has 0 radical (unpaired) electrons. The van der Waals surface area contributed by atoms with Crippen molar-refractivity contribution in [3.05, 3.63) is 59.2 Å². The highest BCUT2D eigenvalue weighted by Gasteiger charge is 2.45. The number of cyclic esters (lactones) is 1. The second-order valence-electron chi connectivity index (χ2n) is 15.3. The molecule has 3 N–H and O–H groups in total. The fourth-order valence-corrected chi connectivity index (χ4v) is 8.41. The third kappa shape index (κ3) is 8.84. The smallest absolute Gasteiger partial charge is 0.328 e. The first kappa shape index (κ1) is 40.4. The number of esters is 1. The quantitative estimate of drug-likeness (QED) is 0.339. The summed E-state index contributed by atoms with van der Waals surface area (Å²) in [7, 11) is 0. The van der Waals surface area contributed by atoms with Crippen LogP contribution in [0.15, 0.2) is 36.4 Å². The van der Waals surface area contributed by atoms with E-state index in [9.17, 15) is 42.3 Å². The van der Waals surface area contributed by atoms with Crippen LogP contribution in [0.4, 0.5) is 8.78 Å². The van der Waals surface area contributed by atoms with Crippen molar-refractivity contribution in [2.24, 2.45) is 0 Å². The van der Waals surface area contributed by atoms with Crippen LogP contribution in [0, 0.1) is 11.6 Å². The molecule has 0 bridgehead atoms. The number of hydrogen-bond acceptors (Lipinski definition) is 10. The van der Waals surface area contributed by atoms with E-state index in [1.54, 1.807) is 18.2 Å². The van der Waals surface area contributed by atoms with Gasteiger partial charge in [-0.05, 0) is 87.3 Å². The molecule has 0 unspecified atom stereocenters. The van der Waals surface area contributed by atoms with E-state index in [0.717, 1.165) is 12.1 Å². The summed E-state index contributed by atoms with van der Waals surface area (Å²) in [6.07, 6.45) is 2.47. The predicted octanol–water partition coefficient (Wildman–Crippen LogP) is 0.873. The summed E-state index contributed by atoms with van der Waals surface area (Å²) >= 11 is 0. The molecule has 16 nitrogen and oxygen atoms in total. The molecule has 0 spiro atoms. The van der Waals surface area contributed by atoms with E-state index in [4.69, 9.17) is 14.2 Å². The van der Waals surface area contributed by atoms with Crippen LogP contribution < -0.4 is 25.4 Å². The lowest BCUT2D eigenvalue weighted by Crippen LogP contribution is -2.62. The summed E-state index contributed by atoms with van der Waals surface area (Å²) in [4.78, 5) is 101. The highest BCUT2D eigenvalue weighted by Crippen LogP contribution is 2.33. The highest BCUT2D eigenvalue weighted by molar-refractivity contribution is 5.98. The minimum atomic E-state index is -1.58. The zero-order valence-electron chi connectivity index (χ0n) is 32.0. The van der Waals surface area contributed by atoms with Crippen LogP contribution in [0.25, 0.3) is 0 Å². The monoisotopic (exact) mass is 808 g/mol. The number of amides is 6. The van der Waals surface area contributed by atoms with Gasteiger partial charge in [-0.1, -0.05) is 6.07 Å². The average molecular weight is 809 g/mol. The molecule has 4 fully saturated rings. The second-order valence-corrected chi connectivity index (χ2v) is 15.3. The molecule has 0 saturated carbocycles. The predicted molar refractivity (Wildman–Crippen MR) is 198 cm³/mol. The number of carbonyl (C=O) groups is 7. The van der Waals surface area contributed by atoms with E-state index in [1.807, 2.05) is 0 Å². The van der Waals surface area contributed by atoms with Crippen LogP contribution in [0.2, 0.25) is 0 Å². The molecule has 58 heavy (non-hydrogen) atoms. The summed E-state index contributed by atoms with van der Waals surface area (Å²) < 4.78 is 45.0. The van der Waals surface area contributed by atoms with Gasteiger partial charge >= 0.3 is 5.97 Å². The van der Waals surface area contributed by atoms with Gasteiger partial charge in [-0.2, -0.15) is 0 Å². The number of carbonyl (C=O) groups excluding carboxylic acids is 7. The van der Waals surface area contributed by atoms with Crippen LogP contribution in [-0.4, -0.2) is 125 Å². The minimum Gasteiger partial charge on any atom is -0.461 e. The number of benzene rings is 2. The molecule has 5 heterocycles. The first-order valence-electron chi connectivity index (χ1n) is 19.7. The maximum Gasteiger partial charge on any atom is 0.328 e. The normalized spacial score (nSPS) is 25.7. The second kappa shape index (κ2) is 17.4. The number of nitrogens with zero attached hydrogens (tertiary/aromatic N) is 3. The van der Waals surface area contributed by atoms with Crippen LogP contribution in [0.5, 0.6) is 11.5 Å². The Morgan fingerprint density at radius 3 is 2.17 bits per heavy atom. The van der Waals surface area contributed by atoms with Crippen molar-refractivity contribution in [1.29, 1.82) is 0 Å². The molecule has 2 aromatic rings. The van der Waals surface area contributed by atoms with Gasteiger partial charge in [0.05, 0.1) is 6.42 Å². The minimum absolute atomic E-state index is 0.0190. The first-order valence-corrected chi connectivity index (χ1v) is 19.7. The van der Waals surface area contributed by atoms with Crippen LogP contribution in [0.1, 0.15) is 63.0 Å². The molecule has 310 valence electrons. The number of halogens is 2. The Kier molecular flexibility index (Phi) is 12.1. The van der Waals surface area contributed by atoms with Gasteiger partial charge in [-0.3, -0.25) is 28.8 Å². The third-order valence-electron chi connectivity index (χ3n) is 11.3. The van der Waals surface area contributed by atoms with Crippen molar-refractivity contribution < 1.29 is 56.6 Å². The maximum absolute atomic E-state index is 14.5. The van der Waals surface area contributed by atoms with E-state index in [1.165, 1.54) is 21.6 Å². The zero-order chi connectivity index (χ0) is 41.1. The van der Waals surface area contributed by atoms with Gasteiger partial charge in [-0.25, -0.2) is 13.6 Å². The topological polar surface area (TPSA) is 193 Å². The number of fused-ring (bicyclic) bond motifs is 4. The standard InChI is InChI=1S/C40H46F2N6O10/c1-22-37(52)48-13-5-8-31(48)40(55)56-20-28(38(53)47-12-4-7-30(47)39(54)46-11-3-2-6-29(46)36(51)43-22)45-35(50)27(16-24-14-25(41)19-26(42)15-24)44-34(49)18-23-9-10-32-33(17-23)58-21-57-32/h9-10,14-15,17,19,22,27-31H,2-8,11-13,16,18,20-21H2,1H3,(H,43,51)(H,44,49)(H,45,50)/t22-,27-,28-,29-,30-,31-/m0/s1. The van der Waals surface area contributed by atoms with Gasteiger partial charge in [0.2, 0.25) is 42.2 Å². The summed E-state index contributed by atoms with van der Waals surface area (Å²) in [5, 5.41) is 7.95. The van der Waals surface area contributed by atoms with Gasteiger partial charge in [0.15, 0.2) is 11.5 Å². The van der Waals surface area contributed by atoms with Gasteiger partial charge in [0, 0.05) is 32.1 Å². The SMILES string of the molecule is C[C@@H]1NC(=O)[C@@H]2CCCCN2C(=O)[C@@H]2CCCN2C(=O)[C@@H](NC(=O)[C@H](Cc2cc(F)cc(F)c2)NC(=O)Cc2ccc3c(c2)OCO3)COC(=O)[C@@H]2CCCN2C1=O. The van der Waals surface area contributed by atoms with Crippen molar-refractivity contribution in [3.63, 3.8) is 0 Å².